The van der Waals surface area contributed by atoms with Crippen LogP contribution in [0.25, 0.3) is 10.9 Å². The molecule has 49 heavy (non-hydrogen) atoms. The van der Waals surface area contributed by atoms with Gasteiger partial charge in [-0.05, 0) is 75.7 Å². The molecule has 1 aromatic heterocycles. The summed E-state index contributed by atoms with van der Waals surface area (Å²) in [4.78, 5) is 59.6. The molecular weight excluding hydrogens is 668 g/mol. The highest BCUT2D eigenvalue weighted by Gasteiger charge is 2.61. The molecule has 0 unspecified atom stereocenters. The van der Waals surface area contributed by atoms with Crippen molar-refractivity contribution in [3.63, 3.8) is 0 Å². The summed E-state index contributed by atoms with van der Waals surface area (Å²) in [7, 11) is 0. The van der Waals surface area contributed by atoms with Gasteiger partial charge in [0, 0.05) is 36.3 Å². The van der Waals surface area contributed by atoms with Crippen LogP contribution in [-0.2, 0) is 19.1 Å². The monoisotopic (exact) mass is 712 g/mol. The standard InChI is InChI=1S/C36H45ClN4O7S/c1-2-16-49-30-19-29(26-14-9-15-27(37)32(26)39-30)47-25-18-28-33(43)40-36(34(44)45)20-22(36)10-5-3-4-6-11-23(17-31(42)41(28)21-25)38-35(46)48-24-12-7-8-13-24/h5,9-10,14-15,19,22-25,28H,2-4,6-8,11-13,16-18,20-21H2,1H3,(H,38,46)(H,40,43)(H,44,45)/b10-5-/t22-,23+,25-,28+,36-/m1/s1. The predicted molar refractivity (Wildman–Crippen MR) is 187 cm³/mol. The van der Waals surface area contributed by atoms with Crippen LogP contribution in [0.15, 0.2) is 41.4 Å². The molecule has 0 spiro atoms. The van der Waals surface area contributed by atoms with E-state index >= 15 is 0 Å². The fourth-order valence-corrected chi connectivity index (χ4v) is 8.19. The Labute approximate surface area is 295 Å². The second-order valence-corrected chi connectivity index (χ2v) is 15.1. The summed E-state index contributed by atoms with van der Waals surface area (Å²) in [5.41, 5.74) is -0.796. The maximum atomic E-state index is 14.1. The number of nitrogens with one attached hydrogen (secondary N) is 2. The fourth-order valence-electron chi connectivity index (χ4n) is 7.22. The first-order valence-corrected chi connectivity index (χ1v) is 18.9. The number of alkyl carbamates (subject to hydrolysis) is 1. The van der Waals surface area contributed by atoms with E-state index in [0.717, 1.165) is 67.5 Å². The van der Waals surface area contributed by atoms with E-state index in [2.05, 4.69) is 17.6 Å². The third-order valence-corrected chi connectivity index (χ3v) is 11.4. The maximum Gasteiger partial charge on any atom is 0.407 e. The van der Waals surface area contributed by atoms with Crippen molar-refractivity contribution in [3.8, 4) is 5.75 Å². The first-order chi connectivity index (χ1) is 23.7. The summed E-state index contributed by atoms with van der Waals surface area (Å²) in [6.45, 7) is 2.20. The van der Waals surface area contributed by atoms with Gasteiger partial charge in [-0.2, -0.15) is 0 Å². The summed E-state index contributed by atoms with van der Waals surface area (Å²) < 4.78 is 12.2. The van der Waals surface area contributed by atoms with Crippen LogP contribution in [0.1, 0.15) is 84.0 Å². The molecule has 6 rings (SSSR count). The zero-order valence-corrected chi connectivity index (χ0v) is 29.4. The van der Waals surface area contributed by atoms with Crippen molar-refractivity contribution in [3.05, 3.63) is 41.4 Å². The van der Waals surface area contributed by atoms with Gasteiger partial charge in [0.05, 0.1) is 17.1 Å². The Hall–Kier alpha value is -3.51. The Morgan fingerprint density at radius 1 is 1.16 bits per heavy atom. The van der Waals surface area contributed by atoms with E-state index < -0.39 is 41.7 Å². The predicted octanol–water partition coefficient (Wildman–Crippen LogP) is 6.26. The molecule has 0 bridgehead atoms. The minimum absolute atomic E-state index is 0.0234. The number of aliphatic carboxylic acids is 1. The van der Waals surface area contributed by atoms with Crippen molar-refractivity contribution in [1.82, 2.24) is 20.5 Å². The minimum Gasteiger partial charge on any atom is -0.488 e. The number of carbonyl (C=O) groups excluding carboxylic acids is 3. The van der Waals surface area contributed by atoms with Gasteiger partial charge in [-0.1, -0.05) is 43.2 Å². The number of ether oxygens (including phenoxy) is 2. The molecule has 1 aromatic carbocycles. The van der Waals surface area contributed by atoms with Crippen LogP contribution in [0.3, 0.4) is 0 Å². The van der Waals surface area contributed by atoms with Crippen molar-refractivity contribution in [2.24, 2.45) is 5.92 Å². The molecule has 3 fully saturated rings. The highest BCUT2D eigenvalue weighted by Crippen LogP contribution is 2.45. The molecule has 0 radical (unpaired) electrons. The zero-order valence-electron chi connectivity index (χ0n) is 27.8. The van der Waals surface area contributed by atoms with Gasteiger partial charge in [-0.15, -0.1) is 11.8 Å². The van der Waals surface area contributed by atoms with Crippen molar-refractivity contribution >= 4 is 58.1 Å². The molecule has 2 aromatic rings. The second-order valence-electron chi connectivity index (χ2n) is 13.6. The number of carboxylic acid groups (broad SMARTS) is 1. The molecule has 3 heterocycles. The number of rotatable bonds is 8. The molecule has 3 N–H and O–H groups in total. The van der Waals surface area contributed by atoms with E-state index in [0.29, 0.717) is 29.1 Å². The molecule has 13 heteroatoms. The summed E-state index contributed by atoms with van der Waals surface area (Å²) in [6.07, 6.45) is 10.6. The first-order valence-electron chi connectivity index (χ1n) is 17.5. The zero-order chi connectivity index (χ0) is 34.5. The number of fused-ring (bicyclic) bond motifs is 3. The van der Waals surface area contributed by atoms with E-state index in [4.69, 9.17) is 26.1 Å². The number of amides is 3. The number of hydrogen-bond donors (Lipinski definition) is 3. The molecule has 2 saturated carbocycles. The van der Waals surface area contributed by atoms with Crippen molar-refractivity contribution in [2.45, 2.75) is 119 Å². The van der Waals surface area contributed by atoms with Crippen molar-refractivity contribution < 1.29 is 33.8 Å². The van der Waals surface area contributed by atoms with Crippen LogP contribution in [0.5, 0.6) is 5.75 Å². The van der Waals surface area contributed by atoms with Gasteiger partial charge in [0.15, 0.2) is 0 Å². The molecule has 5 atom stereocenters. The van der Waals surface area contributed by atoms with Crippen LogP contribution in [0.2, 0.25) is 5.02 Å². The van der Waals surface area contributed by atoms with Gasteiger partial charge in [0.25, 0.3) is 0 Å². The molecule has 3 amide bonds. The number of benzene rings is 1. The van der Waals surface area contributed by atoms with Crippen molar-refractivity contribution in [2.75, 3.05) is 12.3 Å². The van der Waals surface area contributed by atoms with Gasteiger partial charge >= 0.3 is 12.1 Å². The Balaban J connectivity index is 1.26. The number of thioether (sulfide) groups is 1. The summed E-state index contributed by atoms with van der Waals surface area (Å²) in [5.74, 6) is -0.852. The molecule has 2 aliphatic heterocycles. The van der Waals surface area contributed by atoms with Gasteiger partial charge in [0.1, 0.15) is 34.6 Å². The quantitative estimate of drug-likeness (QED) is 0.213. The molecule has 264 valence electrons. The number of pyridine rings is 1. The highest BCUT2D eigenvalue weighted by molar-refractivity contribution is 7.99. The van der Waals surface area contributed by atoms with E-state index in [-0.39, 0.29) is 37.3 Å². The minimum atomic E-state index is -1.40. The maximum absolute atomic E-state index is 14.1. The number of nitrogens with zero attached hydrogens (tertiary/aromatic N) is 2. The number of allylic oxidation sites excluding steroid dienone is 1. The van der Waals surface area contributed by atoms with E-state index in [1.807, 2.05) is 30.4 Å². The highest BCUT2D eigenvalue weighted by atomic mass is 35.5. The third kappa shape index (κ3) is 8.28. The van der Waals surface area contributed by atoms with Crippen molar-refractivity contribution in [1.29, 1.82) is 0 Å². The average molecular weight is 713 g/mol. The average Bonchev–Trinajstić information content (AvgIpc) is 3.35. The number of aromatic nitrogens is 1. The lowest BCUT2D eigenvalue weighted by Crippen LogP contribution is -2.53. The topological polar surface area (TPSA) is 147 Å². The summed E-state index contributed by atoms with van der Waals surface area (Å²) in [5, 5.41) is 17.9. The van der Waals surface area contributed by atoms with E-state index in [9.17, 15) is 24.3 Å². The molecule has 11 nitrogen and oxygen atoms in total. The van der Waals surface area contributed by atoms with Gasteiger partial charge in [-0.25, -0.2) is 14.6 Å². The number of para-hydroxylation sites is 1. The molecular formula is C36H45ClN4O7S. The van der Waals surface area contributed by atoms with Crippen LogP contribution in [0, 0.1) is 5.92 Å². The van der Waals surface area contributed by atoms with E-state index in [1.54, 1.807) is 17.8 Å². The van der Waals surface area contributed by atoms with Crippen LogP contribution >= 0.6 is 23.4 Å². The number of hydrogen-bond acceptors (Lipinski definition) is 8. The molecule has 1 saturated heterocycles. The Kier molecular flexibility index (Phi) is 11.2. The smallest absolute Gasteiger partial charge is 0.407 e. The molecule has 2 aliphatic carbocycles. The van der Waals surface area contributed by atoms with Crippen LogP contribution in [-0.4, -0.2) is 81.0 Å². The largest absolute Gasteiger partial charge is 0.488 e. The van der Waals surface area contributed by atoms with Gasteiger partial charge in [-0.3, -0.25) is 9.59 Å². The number of carboxylic acids is 1. The number of halogens is 1. The number of carbonyl (C=O) groups is 4. The van der Waals surface area contributed by atoms with Crippen LogP contribution in [0.4, 0.5) is 4.79 Å². The normalized spacial score (nSPS) is 28.5. The summed E-state index contributed by atoms with van der Waals surface area (Å²) >= 11 is 8.14. The fraction of sp³-hybridized carbons (Fsp3) is 0.583. The lowest BCUT2D eigenvalue weighted by atomic mass is 10.0. The Morgan fingerprint density at radius 3 is 2.73 bits per heavy atom. The first kappa shape index (κ1) is 35.3. The Bertz CT molecular complexity index is 1600. The molecule has 4 aliphatic rings. The lowest BCUT2D eigenvalue weighted by molar-refractivity contribution is -0.145. The Morgan fingerprint density at radius 2 is 1.96 bits per heavy atom. The summed E-state index contributed by atoms with van der Waals surface area (Å²) in [6, 6.07) is 5.90. The second kappa shape index (κ2) is 15.6. The van der Waals surface area contributed by atoms with Crippen LogP contribution < -0.4 is 15.4 Å². The third-order valence-electron chi connectivity index (χ3n) is 9.97. The SMILES string of the molecule is CCCSc1cc(O[C@@H]2C[C@H]3C(=O)N[C@]4(C(=O)O)C[C@H]4/C=C\CCCC[C@H](NC(=O)OC4CCCC4)CC(=O)N3C2)c2cccc(Cl)c2n1. The van der Waals surface area contributed by atoms with Gasteiger partial charge in [0.2, 0.25) is 11.8 Å². The van der Waals surface area contributed by atoms with E-state index in [1.165, 1.54) is 4.90 Å². The van der Waals surface area contributed by atoms with Gasteiger partial charge < -0.3 is 30.1 Å². The lowest BCUT2D eigenvalue weighted by Gasteiger charge is -2.27.